The second-order valence-corrected chi connectivity index (χ2v) is 8.87. The number of hydrogen-bond donors (Lipinski definition) is 1. The maximum Gasteiger partial charge on any atom is 0.271 e. The summed E-state index contributed by atoms with van der Waals surface area (Å²) in [5.74, 6) is 0.362. The molecule has 0 atom stereocenters. The van der Waals surface area contributed by atoms with E-state index in [1.165, 1.54) is 24.3 Å². The number of carbonyl (C=O) groups excluding carboxylic acids is 1. The largest absolute Gasteiger partial charge is 0.491 e. The van der Waals surface area contributed by atoms with Gasteiger partial charge in [-0.15, -0.1) is 0 Å². The number of nitrogens with one attached hydrogen (secondary N) is 1. The number of sulfonamides is 1. The predicted molar refractivity (Wildman–Crippen MR) is 115 cm³/mol. The molecule has 0 aliphatic carbocycles. The van der Waals surface area contributed by atoms with Crippen LogP contribution >= 0.6 is 0 Å². The summed E-state index contributed by atoms with van der Waals surface area (Å²) < 4.78 is 30.9. The first-order valence-electron chi connectivity index (χ1n) is 9.35. The van der Waals surface area contributed by atoms with Crippen LogP contribution in [0.4, 0.5) is 17.1 Å². The molecule has 0 fully saturated rings. The van der Waals surface area contributed by atoms with Crippen molar-refractivity contribution >= 4 is 33.0 Å². The van der Waals surface area contributed by atoms with Crippen LogP contribution in [0, 0.1) is 10.1 Å². The molecule has 9 nitrogen and oxygen atoms in total. The van der Waals surface area contributed by atoms with Gasteiger partial charge in [0.2, 0.25) is 15.9 Å². The van der Waals surface area contributed by atoms with E-state index in [4.69, 9.17) is 4.74 Å². The molecule has 30 heavy (non-hydrogen) atoms. The third kappa shape index (κ3) is 7.03. The van der Waals surface area contributed by atoms with Crippen molar-refractivity contribution in [2.75, 3.05) is 22.4 Å². The van der Waals surface area contributed by atoms with Crippen LogP contribution in [0.15, 0.2) is 48.5 Å². The summed E-state index contributed by atoms with van der Waals surface area (Å²) in [6.07, 6.45) is 1.35. The van der Waals surface area contributed by atoms with E-state index < -0.39 is 14.9 Å². The lowest BCUT2D eigenvalue weighted by Gasteiger charge is -2.22. The lowest BCUT2D eigenvalue weighted by molar-refractivity contribution is -0.384. The van der Waals surface area contributed by atoms with Crippen LogP contribution in [0.5, 0.6) is 5.75 Å². The first kappa shape index (κ1) is 23.1. The fourth-order valence-electron chi connectivity index (χ4n) is 2.77. The van der Waals surface area contributed by atoms with Crippen LogP contribution in [0.2, 0.25) is 0 Å². The van der Waals surface area contributed by atoms with Gasteiger partial charge in [0.1, 0.15) is 5.75 Å². The Labute approximate surface area is 175 Å². The SMILES string of the molecule is CC(C)Oc1cccc(NC(=O)CCCN(c2cccc([N+](=O)[O-])c2)S(C)(=O)=O)c1. The monoisotopic (exact) mass is 435 g/mol. The average molecular weight is 436 g/mol. The van der Waals surface area contributed by atoms with Gasteiger partial charge in [-0.05, 0) is 38.5 Å². The van der Waals surface area contributed by atoms with Gasteiger partial charge in [-0.1, -0.05) is 12.1 Å². The maximum absolute atomic E-state index is 12.2. The molecule has 2 rings (SSSR count). The normalized spacial score (nSPS) is 11.2. The number of carbonyl (C=O) groups is 1. The molecule has 2 aromatic carbocycles. The van der Waals surface area contributed by atoms with Crippen LogP contribution in [0.3, 0.4) is 0 Å². The van der Waals surface area contributed by atoms with E-state index >= 15 is 0 Å². The minimum absolute atomic E-state index is 0.00624. The molecule has 10 heteroatoms. The van der Waals surface area contributed by atoms with Crippen LogP contribution < -0.4 is 14.4 Å². The van der Waals surface area contributed by atoms with Crippen molar-refractivity contribution in [2.45, 2.75) is 32.8 Å². The number of nitrogens with zero attached hydrogens (tertiary/aromatic N) is 2. The van der Waals surface area contributed by atoms with Crippen molar-refractivity contribution in [2.24, 2.45) is 0 Å². The molecule has 1 N–H and O–H groups in total. The lowest BCUT2D eigenvalue weighted by Crippen LogP contribution is -2.31. The molecule has 0 radical (unpaired) electrons. The highest BCUT2D eigenvalue weighted by Crippen LogP contribution is 2.24. The van der Waals surface area contributed by atoms with Gasteiger partial charge >= 0.3 is 0 Å². The summed E-state index contributed by atoms with van der Waals surface area (Å²) in [7, 11) is -3.67. The van der Waals surface area contributed by atoms with Crippen molar-refractivity contribution in [3.05, 3.63) is 58.6 Å². The smallest absolute Gasteiger partial charge is 0.271 e. The van der Waals surface area contributed by atoms with Crippen LogP contribution in [-0.2, 0) is 14.8 Å². The maximum atomic E-state index is 12.2. The van der Waals surface area contributed by atoms with Crippen LogP contribution in [0.25, 0.3) is 0 Å². The van der Waals surface area contributed by atoms with Crippen molar-refractivity contribution in [1.82, 2.24) is 0 Å². The summed E-state index contributed by atoms with van der Waals surface area (Å²) in [4.78, 5) is 22.6. The summed E-state index contributed by atoms with van der Waals surface area (Å²) in [6.45, 7) is 3.82. The Morgan fingerprint density at radius 1 is 1.20 bits per heavy atom. The van der Waals surface area contributed by atoms with Gasteiger partial charge in [0.15, 0.2) is 0 Å². The van der Waals surface area contributed by atoms with Gasteiger partial charge in [-0.25, -0.2) is 8.42 Å². The topological polar surface area (TPSA) is 119 Å². The van der Waals surface area contributed by atoms with E-state index in [1.54, 1.807) is 24.3 Å². The van der Waals surface area contributed by atoms with Gasteiger partial charge in [0.05, 0.1) is 23.0 Å². The average Bonchev–Trinajstić information content (AvgIpc) is 2.64. The number of anilines is 2. The van der Waals surface area contributed by atoms with Crippen molar-refractivity contribution in [3.63, 3.8) is 0 Å². The second kappa shape index (κ2) is 10.1. The zero-order valence-corrected chi connectivity index (χ0v) is 17.9. The minimum atomic E-state index is -3.67. The zero-order valence-electron chi connectivity index (χ0n) is 17.1. The molecule has 0 spiro atoms. The Kier molecular flexibility index (Phi) is 7.76. The molecule has 0 saturated carbocycles. The van der Waals surface area contributed by atoms with E-state index in [2.05, 4.69) is 5.32 Å². The van der Waals surface area contributed by atoms with Gasteiger partial charge < -0.3 is 10.1 Å². The van der Waals surface area contributed by atoms with E-state index in [-0.39, 0.29) is 42.8 Å². The first-order chi connectivity index (χ1) is 14.1. The molecule has 0 aliphatic rings. The Bertz CT molecular complexity index is 1010. The molecular weight excluding hydrogens is 410 g/mol. The highest BCUT2D eigenvalue weighted by Gasteiger charge is 2.20. The number of non-ortho nitro benzene ring substituents is 1. The molecule has 0 saturated heterocycles. The molecule has 0 aromatic heterocycles. The molecule has 0 bridgehead atoms. The first-order valence-corrected chi connectivity index (χ1v) is 11.2. The highest BCUT2D eigenvalue weighted by atomic mass is 32.2. The van der Waals surface area contributed by atoms with E-state index in [9.17, 15) is 23.3 Å². The zero-order chi connectivity index (χ0) is 22.3. The molecule has 162 valence electrons. The standard InChI is InChI=1S/C20H25N3O6S/c1-15(2)29-19-10-4-7-16(13-19)21-20(24)11-6-12-22(30(3,27)28)17-8-5-9-18(14-17)23(25)26/h4-5,7-10,13-15H,6,11-12H2,1-3H3,(H,21,24). The number of nitro benzene ring substituents is 1. The Balaban J connectivity index is 1.99. The van der Waals surface area contributed by atoms with E-state index in [1.807, 2.05) is 13.8 Å². The Hall–Kier alpha value is -3.14. The van der Waals surface area contributed by atoms with Gasteiger partial charge in [-0.3, -0.25) is 19.2 Å². The lowest BCUT2D eigenvalue weighted by atomic mass is 10.2. The van der Waals surface area contributed by atoms with Crippen molar-refractivity contribution < 1.29 is 22.9 Å². The van der Waals surface area contributed by atoms with Gasteiger partial charge in [-0.2, -0.15) is 0 Å². The van der Waals surface area contributed by atoms with E-state index in [0.29, 0.717) is 11.4 Å². The van der Waals surface area contributed by atoms with Gasteiger partial charge in [0, 0.05) is 36.9 Å². The molecule has 0 heterocycles. The van der Waals surface area contributed by atoms with Gasteiger partial charge in [0.25, 0.3) is 5.69 Å². The molecule has 0 aliphatic heterocycles. The quantitative estimate of drug-likeness (QED) is 0.450. The molecule has 0 unspecified atom stereocenters. The fourth-order valence-corrected chi connectivity index (χ4v) is 3.73. The van der Waals surface area contributed by atoms with Crippen molar-refractivity contribution in [3.8, 4) is 5.75 Å². The number of benzene rings is 2. The minimum Gasteiger partial charge on any atom is -0.491 e. The number of amides is 1. The van der Waals surface area contributed by atoms with Crippen molar-refractivity contribution in [1.29, 1.82) is 0 Å². The number of hydrogen-bond acceptors (Lipinski definition) is 6. The molecule has 1 amide bonds. The second-order valence-electron chi connectivity index (χ2n) is 6.96. The summed E-state index contributed by atoms with van der Waals surface area (Å²) in [6, 6.07) is 12.4. The summed E-state index contributed by atoms with van der Waals surface area (Å²) in [5, 5.41) is 13.7. The number of nitro groups is 1. The number of rotatable bonds is 10. The molecule has 2 aromatic rings. The fraction of sp³-hybridized carbons (Fsp3) is 0.350. The van der Waals surface area contributed by atoms with Crippen LogP contribution in [0.1, 0.15) is 26.7 Å². The predicted octanol–water partition coefficient (Wildman–Crippen LogP) is 3.57. The Morgan fingerprint density at radius 3 is 2.53 bits per heavy atom. The third-order valence-electron chi connectivity index (χ3n) is 3.98. The Morgan fingerprint density at radius 2 is 1.90 bits per heavy atom. The third-order valence-corrected chi connectivity index (χ3v) is 5.18. The number of ether oxygens (including phenoxy) is 1. The van der Waals surface area contributed by atoms with E-state index in [0.717, 1.165) is 10.6 Å². The summed E-state index contributed by atoms with van der Waals surface area (Å²) in [5.41, 5.74) is 0.560. The summed E-state index contributed by atoms with van der Waals surface area (Å²) >= 11 is 0. The van der Waals surface area contributed by atoms with Crippen LogP contribution in [-0.4, -0.2) is 38.2 Å². The highest BCUT2D eigenvalue weighted by molar-refractivity contribution is 7.92. The molecular formula is C20H25N3O6S.